The summed E-state index contributed by atoms with van der Waals surface area (Å²) in [6.45, 7) is 3.55. The molecule has 118 valence electrons. The average Bonchev–Trinajstić information content (AvgIpc) is 2.93. The Labute approximate surface area is 137 Å². The molecule has 0 atom stereocenters. The first kappa shape index (κ1) is 15.5. The molecule has 5 nitrogen and oxygen atoms in total. The Morgan fingerprint density at radius 3 is 2.83 bits per heavy atom. The highest BCUT2D eigenvalue weighted by molar-refractivity contribution is 7.98. The summed E-state index contributed by atoms with van der Waals surface area (Å²) in [4.78, 5) is 8.69. The first-order chi connectivity index (χ1) is 11.1. The second-order valence-electron chi connectivity index (χ2n) is 4.93. The Hall–Kier alpha value is -2.41. The van der Waals surface area contributed by atoms with E-state index in [9.17, 15) is 4.39 Å². The molecule has 0 radical (unpaired) electrons. The molecular weight excluding hydrogens is 315 g/mol. The molecule has 3 aromatic rings. The lowest BCUT2D eigenvalue weighted by Gasteiger charge is -2.09. The molecule has 0 spiro atoms. The summed E-state index contributed by atoms with van der Waals surface area (Å²) in [5, 5.41) is 7.83. The smallest absolute Gasteiger partial charge is 0.227 e. The van der Waals surface area contributed by atoms with Crippen molar-refractivity contribution in [3.05, 3.63) is 47.6 Å². The summed E-state index contributed by atoms with van der Waals surface area (Å²) in [5.74, 6) is 0.815. The van der Waals surface area contributed by atoms with E-state index in [1.165, 1.54) is 17.8 Å². The van der Waals surface area contributed by atoms with Crippen molar-refractivity contribution in [2.75, 3.05) is 11.6 Å². The van der Waals surface area contributed by atoms with Crippen LogP contribution in [0.3, 0.4) is 0 Å². The zero-order valence-electron chi connectivity index (χ0n) is 12.9. The monoisotopic (exact) mass is 330 g/mol. The predicted octanol–water partition coefficient (Wildman–Crippen LogP) is 4.35. The van der Waals surface area contributed by atoms with Crippen LogP contribution in [0.4, 0.5) is 16.0 Å². The van der Waals surface area contributed by atoms with Crippen molar-refractivity contribution in [1.82, 2.24) is 15.1 Å². The number of aryl methyl sites for hydroxylation is 1. The van der Waals surface area contributed by atoms with Crippen molar-refractivity contribution < 1.29 is 8.91 Å². The molecule has 23 heavy (non-hydrogen) atoms. The number of hydrogen-bond acceptors (Lipinski definition) is 6. The number of benzene rings is 1. The van der Waals surface area contributed by atoms with Gasteiger partial charge in [0.1, 0.15) is 16.6 Å². The summed E-state index contributed by atoms with van der Waals surface area (Å²) in [6.07, 6.45) is 3.58. The van der Waals surface area contributed by atoms with E-state index < -0.39 is 0 Å². The summed E-state index contributed by atoms with van der Waals surface area (Å²) >= 11 is 1.49. The van der Waals surface area contributed by atoms with Gasteiger partial charge in [0.2, 0.25) is 5.95 Å². The number of anilines is 2. The van der Waals surface area contributed by atoms with Crippen LogP contribution in [0.2, 0.25) is 0 Å². The van der Waals surface area contributed by atoms with E-state index in [-0.39, 0.29) is 5.82 Å². The quantitative estimate of drug-likeness (QED) is 0.717. The number of rotatable bonds is 4. The van der Waals surface area contributed by atoms with Crippen LogP contribution in [0.15, 0.2) is 40.0 Å². The fourth-order valence-corrected chi connectivity index (χ4v) is 2.77. The van der Waals surface area contributed by atoms with Crippen molar-refractivity contribution in [3.63, 3.8) is 0 Å². The van der Waals surface area contributed by atoms with E-state index in [2.05, 4.69) is 20.4 Å². The fourth-order valence-electron chi connectivity index (χ4n) is 2.20. The molecule has 0 aliphatic rings. The number of aromatic nitrogens is 3. The number of nitrogens with zero attached hydrogens (tertiary/aromatic N) is 3. The van der Waals surface area contributed by atoms with Crippen molar-refractivity contribution >= 4 is 23.4 Å². The SMILES string of the molecule is CSc1noc(C)c1-c1ccnc(Nc2cccc(F)c2C)n1. The maximum atomic E-state index is 13.6. The molecule has 1 aromatic carbocycles. The van der Waals surface area contributed by atoms with Gasteiger partial charge in [-0.1, -0.05) is 11.2 Å². The molecule has 0 saturated heterocycles. The topological polar surface area (TPSA) is 63.8 Å². The van der Waals surface area contributed by atoms with Crippen LogP contribution in [0.25, 0.3) is 11.3 Å². The van der Waals surface area contributed by atoms with Crippen molar-refractivity contribution in [2.24, 2.45) is 0 Å². The van der Waals surface area contributed by atoms with Gasteiger partial charge in [-0.05, 0) is 38.3 Å². The zero-order chi connectivity index (χ0) is 16.4. The van der Waals surface area contributed by atoms with Crippen molar-refractivity contribution in [1.29, 1.82) is 0 Å². The molecule has 0 bridgehead atoms. The van der Waals surface area contributed by atoms with Crippen LogP contribution >= 0.6 is 11.8 Å². The third-order valence-corrected chi connectivity index (χ3v) is 4.12. The zero-order valence-corrected chi connectivity index (χ0v) is 13.7. The molecule has 0 aliphatic carbocycles. The van der Waals surface area contributed by atoms with Gasteiger partial charge >= 0.3 is 0 Å². The third-order valence-electron chi connectivity index (χ3n) is 3.45. The number of hydrogen-bond donors (Lipinski definition) is 1. The largest absolute Gasteiger partial charge is 0.360 e. The number of thioether (sulfide) groups is 1. The Balaban J connectivity index is 1.97. The van der Waals surface area contributed by atoms with Crippen LogP contribution in [0.5, 0.6) is 0 Å². The third kappa shape index (κ3) is 3.05. The van der Waals surface area contributed by atoms with E-state index in [0.717, 1.165) is 10.6 Å². The van der Waals surface area contributed by atoms with Gasteiger partial charge in [-0.15, -0.1) is 11.8 Å². The molecule has 0 unspecified atom stereocenters. The second-order valence-corrected chi connectivity index (χ2v) is 5.72. The fraction of sp³-hybridized carbons (Fsp3) is 0.188. The number of nitrogens with one attached hydrogen (secondary N) is 1. The van der Waals surface area contributed by atoms with Gasteiger partial charge in [0.25, 0.3) is 0 Å². The molecule has 0 aliphatic heterocycles. The Morgan fingerprint density at radius 2 is 2.04 bits per heavy atom. The first-order valence-electron chi connectivity index (χ1n) is 6.96. The van der Waals surface area contributed by atoms with E-state index in [1.807, 2.05) is 13.2 Å². The van der Waals surface area contributed by atoms with Crippen LogP contribution in [-0.2, 0) is 0 Å². The van der Waals surface area contributed by atoms with Gasteiger partial charge < -0.3 is 9.84 Å². The molecule has 2 aromatic heterocycles. The van der Waals surface area contributed by atoms with Crippen LogP contribution in [0, 0.1) is 19.7 Å². The Kier molecular flexibility index (Phi) is 4.29. The van der Waals surface area contributed by atoms with E-state index in [1.54, 1.807) is 31.3 Å². The van der Waals surface area contributed by atoms with Crippen molar-refractivity contribution in [3.8, 4) is 11.3 Å². The summed E-state index contributed by atoms with van der Waals surface area (Å²) in [7, 11) is 0. The van der Waals surface area contributed by atoms with Crippen LogP contribution in [0.1, 0.15) is 11.3 Å². The minimum Gasteiger partial charge on any atom is -0.360 e. The lowest BCUT2D eigenvalue weighted by atomic mass is 10.2. The van der Waals surface area contributed by atoms with Gasteiger partial charge in [0.15, 0.2) is 0 Å². The minimum absolute atomic E-state index is 0.272. The second kappa shape index (κ2) is 6.37. The van der Waals surface area contributed by atoms with E-state index in [4.69, 9.17) is 4.52 Å². The predicted molar refractivity (Wildman–Crippen MR) is 88.5 cm³/mol. The summed E-state index contributed by atoms with van der Waals surface area (Å²) in [6, 6.07) is 6.64. The van der Waals surface area contributed by atoms with Crippen LogP contribution < -0.4 is 5.32 Å². The maximum absolute atomic E-state index is 13.6. The molecule has 2 heterocycles. The van der Waals surface area contributed by atoms with Crippen LogP contribution in [-0.4, -0.2) is 21.4 Å². The summed E-state index contributed by atoms with van der Waals surface area (Å²) in [5.41, 5.74) is 2.71. The molecular formula is C16H15FN4OS. The minimum atomic E-state index is -0.272. The Bertz CT molecular complexity index is 850. The van der Waals surface area contributed by atoms with E-state index >= 15 is 0 Å². The van der Waals surface area contributed by atoms with E-state index in [0.29, 0.717) is 28.7 Å². The molecule has 3 rings (SSSR count). The van der Waals surface area contributed by atoms with Gasteiger partial charge in [0.05, 0.1) is 11.3 Å². The normalized spacial score (nSPS) is 10.8. The highest BCUT2D eigenvalue weighted by Gasteiger charge is 2.16. The molecule has 0 fully saturated rings. The van der Waals surface area contributed by atoms with Gasteiger partial charge in [-0.2, -0.15) is 0 Å². The first-order valence-corrected chi connectivity index (χ1v) is 8.18. The molecule has 0 saturated carbocycles. The number of halogens is 1. The average molecular weight is 330 g/mol. The lowest BCUT2D eigenvalue weighted by molar-refractivity contribution is 0.384. The molecule has 7 heteroatoms. The lowest BCUT2D eigenvalue weighted by Crippen LogP contribution is -2.00. The highest BCUT2D eigenvalue weighted by atomic mass is 32.2. The van der Waals surface area contributed by atoms with Gasteiger partial charge in [-0.25, -0.2) is 14.4 Å². The van der Waals surface area contributed by atoms with Crippen molar-refractivity contribution in [2.45, 2.75) is 18.9 Å². The molecule has 1 N–H and O–H groups in total. The highest BCUT2D eigenvalue weighted by Crippen LogP contribution is 2.32. The summed E-state index contributed by atoms with van der Waals surface area (Å²) < 4.78 is 18.9. The van der Waals surface area contributed by atoms with Gasteiger partial charge in [-0.3, -0.25) is 0 Å². The Morgan fingerprint density at radius 1 is 1.22 bits per heavy atom. The molecule has 0 amide bonds. The maximum Gasteiger partial charge on any atom is 0.227 e. The standard InChI is InChI=1S/C16H15FN4OS/c1-9-11(17)5-4-6-12(9)19-16-18-8-7-13(20-16)14-10(2)22-21-15(14)23-3/h4-8H,1-3H3,(H,18,19,20). The van der Waals surface area contributed by atoms with Gasteiger partial charge in [0, 0.05) is 17.4 Å².